The average molecular weight is 344 g/mol. The Kier molecular flexibility index (Phi) is 5.30. The lowest BCUT2D eigenvalue weighted by Gasteiger charge is -2.42. The maximum atomic E-state index is 5.63. The van der Waals surface area contributed by atoms with Gasteiger partial charge in [-0.1, -0.05) is 6.07 Å². The largest absolute Gasteiger partial charge is 0.496 e. The van der Waals surface area contributed by atoms with E-state index >= 15 is 0 Å². The van der Waals surface area contributed by atoms with Crippen LogP contribution in [0.2, 0.25) is 0 Å². The molecule has 2 atom stereocenters. The minimum atomic E-state index is 0.651. The van der Waals surface area contributed by atoms with Gasteiger partial charge in [-0.05, 0) is 69.9 Å². The molecule has 3 heterocycles. The summed E-state index contributed by atoms with van der Waals surface area (Å²) in [5, 5.41) is 0. The summed E-state index contributed by atoms with van der Waals surface area (Å²) in [6.07, 6.45) is 5.44. The van der Waals surface area contributed by atoms with Crippen LogP contribution >= 0.6 is 0 Å². The number of piperazine rings is 1. The normalized spacial score (nSPS) is 28.4. The second-order valence-corrected chi connectivity index (χ2v) is 8.20. The van der Waals surface area contributed by atoms with E-state index in [4.69, 9.17) is 4.74 Å². The fraction of sp³-hybridized carbons (Fsp3) is 0.714. The number of methoxy groups -OCH3 is 1. The van der Waals surface area contributed by atoms with Gasteiger partial charge >= 0.3 is 0 Å². The van der Waals surface area contributed by atoms with Crippen LogP contribution in [0.3, 0.4) is 0 Å². The van der Waals surface area contributed by atoms with Crippen molar-refractivity contribution in [3.8, 4) is 5.75 Å². The lowest BCUT2D eigenvalue weighted by atomic mass is 10.0. The SMILES string of the molecule is COc1ccc(CN2C[C@@H]3CCCN3C[C@H]2C)cc1CN1CCCC1. The molecule has 0 amide bonds. The molecule has 138 valence electrons. The first-order chi connectivity index (χ1) is 12.2. The van der Waals surface area contributed by atoms with E-state index in [-0.39, 0.29) is 0 Å². The summed E-state index contributed by atoms with van der Waals surface area (Å²) in [6, 6.07) is 8.28. The third-order valence-electron chi connectivity index (χ3n) is 6.39. The molecule has 25 heavy (non-hydrogen) atoms. The van der Waals surface area contributed by atoms with Gasteiger partial charge in [-0.3, -0.25) is 14.7 Å². The molecule has 0 bridgehead atoms. The van der Waals surface area contributed by atoms with Crippen molar-refractivity contribution in [3.05, 3.63) is 29.3 Å². The summed E-state index contributed by atoms with van der Waals surface area (Å²) in [7, 11) is 1.80. The second kappa shape index (κ2) is 7.65. The molecule has 4 heteroatoms. The predicted octanol–water partition coefficient (Wildman–Crippen LogP) is 2.96. The topological polar surface area (TPSA) is 19.0 Å². The van der Waals surface area contributed by atoms with Gasteiger partial charge in [0.15, 0.2) is 0 Å². The smallest absolute Gasteiger partial charge is 0.123 e. The molecule has 0 saturated carbocycles. The minimum absolute atomic E-state index is 0.651. The Morgan fingerprint density at radius 2 is 1.88 bits per heavy atom. The molecule has 3 fully saturated rings. The molecule has 4 nitrogen and oxygen atoms in total. The van der Waals surface area contributed by atoms with Crippen molar-refractivity contribution in [1.82, 2.24) is 14.7 Å². The van der Waals surface area contributed by atoms with Crippen LogP contribution in [0.25, 0.3) is 0 Å². The van der Waals surface area contributed by atoms with Gasteiger partial charge in [0.25, 0.3) is 0 Å². The van der Waals surface area contributed by atoms with Crippen molar-refractivity contribution in [2.24, 2.45) is 0 Å². The molecular weight excluding hydrogens is 310 g/mol. The third kappa shape index (κ3) is 3.86. The van der Waals surface area contributed by atoms with E-state index in [0.29, 0.717) is 6.04 Å². The second-order valence-electron chi connectivity index (χ2n) is 8.20. The van der Waals surface area contributed by atoms with Crippen molar-refractivity contribution in [3.63, 3.8) is 0 Å². The Morgan fingerprint density at radius 3 is 2.68 bits per heavy atom. The number of nitrogens with zero attached hydrogens (tertiary/aromatic N) is 3. The van der Waals surface area contributed by atoms with Crippen LogP contribution < -0.4 is 4.74 Å². The van der Waals surface area contributed by atoms with Crippen LogP contribution in [-0.2, 0) is 13.1 Å². The van der Waals surface area contributed by atoms with Gasteiger partial charge in [0.05, 0.1) is 7.11 Å². The summed E-state index contributed by atoms with van der Waals surface area (Å²) >= 11 is 0. The van der Waals surface area contributed by atoms with Crippen molar-refractivity contribution >= 4 is 0 Å². The first-order valence-corrected chi connectivity index (χ1v) is 10.1. The van der Waals surface area contributed by atoms with Gasteiger partial charge in [-0.15, -0.1) is 0 Å². The Labute approximate surface area is 152 Å². The number of rotatable bonds is 5. The van der Waals surface area contributed by atoms with E-state index < -0.39 is 0 Å². The van der Waals surface area contributed by atoms with Crippen molar-refractivity contribution < 1.29 is 4.74 Å². The molecule has 0 spiro atoms. The number of likely N-dealkylation sites (tertiary alicyclic amines) is 1. The summed E-state index contributed by atoms with van der Waals surface area (Å²) in [5.41, 5.74) is 2.79. The fourth-order valence-electron chi connectivity index (χ4n) is 4.94. The number of hydrogen-bond acceptors (Lipinski definition) is 4. The molecule has 3 aliphatic heterocycles. The van der Waals surface area contributed by atoms with Crippen LogP contribution in [0.5, 0.6) is 5.75 Å². The summed E-state index contributed by atoms with van der Waals surface area (Å²) in [6.45, 7) is 10.7. The van der Waals surface area contributed by atoms with Gasteiger partial charge in [0.1, 0.15) is 5.75 Å². The predicted molar refractivity (Wildman–Crippen MR) is 102 cm³/mol. The van der Waals surface area contributed by atoms with E-state index in [0.717, 1.165) is 24.9 Å². The Bertz CT molecular complexity index is 585. The highest BCUT2D eigenvalue weighted by molar-refractivity contribution is 5.37. The Hall–Kier alpha value is -1.10. The zero-order valence-electron chi connectivity index (χ0n) is 15.9. The Morgan fingerprint density at radius 1 is 1.04 bits per heavy atom. The van der Waals surface area contributed by atoms with Crippen LogP contribution in [-0.4, -0.2) is 66.6 Å². The molecule has 0 radical (unpaired) electrons. The lowest BCUT2D eigenvalue weighted by molar-refractivity contribution is 0.0540. The van der Waals surface area contributed by atoms with E-state index in [9.17, 15) is 0 Å². The highest BCUT2D eigenvalue weighted by Crippen LogP contribution is 2.28. The van der Waals surface area contributed by atoms with Gasteiger partial charge in [-0.2, -0.15) is 0 Å². The minimum Gasteiger partial charge on any atom is -0.496 e. The van der Waals surface area contributed by atoms with Gasteiger partial charge in [-0.25, -0.2) is 0 Å². The number of fused-ring (bicyclic) bond motifs is 1. The molecule has 1 aromatic carbocycles. The molecule has 0 N–H and O–H groups in total. The maximum absolute atomic E-state index is 5.63. The number of benzene rings is 1. The van der Waals surface area contributed by atoms with Crippen molar-refractivity contribution in [2.75, 3.05) is 39.8 Å². The monoisotopic (exact) mass is 343 g/mol. The fourth-order valence-corrected chi connectivity index (χ4v) is 4.94. The summed E-state index contributed by atoms with van der Waals surface area (Å²) in [4.78, 5) is 7.95. The van der Waals surface area contributed by atoms with Crippen LogP contribution in [0.1, 0.15) is 43.7 Å². The van der Waals surface area contributed by atoms with E-state index in [1.807, 2.05) is 0 Å². The molecule has 4 rings (SSSR count). The van der Waals surface area contributed by atoms with Gasteiger partial charge < -0.3 is 4.74 Å². The first kappa shape index (κ1) is 17.3. The van der Waals surface area contributed by atoms with Crippen LogP contribution in [0, 0.1) is 0 Å². The maximum Gasteiger partial charge on any atom is 0.123 e. The summed E-state index contributed by atoms with van der Waals surface area (Å²) in [5.74, 6) is 1.05. The Balaban J connectivity index is 1.46. The van der Waals surface area contributed by atoms with E-state index in [1.54, 1.807) is 7.11 Å². The lowest BCUT2D eigenvalue weighted by Crippen LogP contribution is -2.54. The third-order valence-corrected chi connectivity index (χ3v) is 6.39. The highest BCUT2D eigenvalue weighted by atomic mass is 16.5. The molecular formula is C21H33N3O. The summed E-state index contributed by atoms with van der Waals surface area (Å²) < 4.78 is 5.63. The van der Waals surface area contributed by atoms with E-state index in [1.165, 1.54) is 69.5 Å². The van der Waals surface area contributed by atoms with Crippen LogP contribution in [0.15, 0.2) is 18.2 Å². The molecule has 0 unspecified atom stereocenters. The molecule has 3 saturated heterocycles. The zero-order chi connectivity index (χ0) is 17.2. The standard InChI is InChI=1S/C21H33N3O/c1-17-13-23-11-5-6-20(23)16-24(17)14-18-7-8-21(25-2)19(12-18)15-22-9-3-4-10-22/h7-8,12,17,20H,3-6,9-11,13-16H2,1-2H3/t17-,20+/m1/s1. The zero-order valence-corrected chi connectivity index (χ0v) is 15.9. The molecule has 0 aliphatic carbocycles. The highest BCUT2D eigenvalue weighted by Gasteiger charge is 2.34. The van der Waals surface area contributed by atoms with Crippen molar-refractivity contribution in [2.45, 2.75) is 57.8 Å². The molecule has 0 aromatic heterocycles. The number of ether oxygens (including phenoxy) is 1. The van der Waals surface area contributed by atoms with Crippen LogP contribution in [0.4, 0.5) is 0 Å². The van der Waals surface area contributed by atoms with Gasteiger partial charge in [0, 0.05) is 43.8 Å². The van der Waals surface area contributed by atoms with Gasteiger partial charge in [0.2, 0.25) is 0 Å². The van der Waals surface area contributed by atoms with Crippen molar-refractivity contribution in [1.29, 1.82) is 0 Å². The van der Waals surface area contributed by atoms with E-state index in [2.05, 4.69) is 39.8 Å². The number of hydrogen-bond donors (Lipinski definition) is 0. The molecule has 3 aliphatic rings. The average Bonchev–Trinajstić information content (AvgIpc) is 3.27. The quantitative estimate of drug-likeness (QED) is 0.818. The first-order valence-electron chi connectivity index (χ1n) is 10.1. The molecule has 1 aromatic rings.